The molecule has 0 spiro atoms. The highest BCUT2D eigenvalue weighted by Crippen LogP contribution is 2.30. The van der Waals surface area contributed by atoms with Crippen LogP contribution in [-0.2, 0) is 11.2 Å². The van der Waals surface area contributed by atoms with Crippen molar-refractivity contribution in [2.45, 2.75) is 11.3 Å². The zero-order valence-electron chi connectivity index (χ0n) is 14.1. The molecule has 0 fully saturated rings. The van der Waals surface area contributed by atoms with Crippen LogP contribution in [0.3, 0.4) is 0 Å². The molecule has 3 rings (SSSR count). The topological polar surface area (TPSA) is 66.4 Å². The fraction of sp³-hybridized carbons (Fsp3) is 0.100. The van der Waals surface area contributed by atoms with Crippen LogP contribution in [0.25, 0.3) is 11.1 Å². The largest absolute Gasteiger partial charge is 0.481 e. The molecule has 0 radical (unpaired) electrons. The number of hydrogen-bond acceptors (Lipinski definition) is 4. The number of hydrogen-bond donors (Lipinski definition) is 2. The van der Waals surface area contributed by atoms with Gasteiger partial charge >= 0.3 is 5.97 Å². The lowest BCUT2D eigenvalue weighted by molar-refractivity contribution is -0.136. The first-order valence-corrected chi connectivity index (χ1v) is 10.0. The number of thiophene rings is 1. The minimum atomic E-state index is -0.890. The first kappa shape index (κ1) is 18.2. The molecule has 3 aromatic rings. The number of aliphatic carboxylic acids is 1. The number of nitrogens with one attached hydrogen (secondary N) is 1. The molecule has 0 saturated heterocycles. The first-order chi connectivity index (χ1) is 12.5. The summed E-state index contributed by atoms with van der Waals surface area (Å²) in [6.07, 6.45) is 1.99. The van der Waals surface area contributed by atoms with Crippen molar-refractivity contribution in [3.05, 3.63) is 71.1 Å². The molecule has 1 amide bonds. The molecule has 0 bridgehead atoms. The Morgan fingerprint density at radius 3 is 2.35 bits per heavy atom. The molecular weight excluding hydrogens is 366 g/mol. The highest BCUT2D eigenvalue weighted by atomic mass is 32.2. The third-order valence-corrected chi connectivity index (χ3v) is 5.42. The first-order valence-electron chi connectivity index (χ1n) is 7.90. The molecule has 0 saturated carbocycles. The SMILES string of the molecule is CSc1ccc(-c2csc(NC(=O)c3ccc(CC(=O)O)cc3)c2)cc1. The summed E-state index contributed by atoms with van der Waals surface area (Å²) < 4.78 is 0. The van der Waals surface area contributed by atoms with E-state index in [0.29, 0.717) is 11.1 Å². The highest BCUT2D eigenvalue weighted by Gasteiger charge is 2.09. The summed E-state index contributed by atoms with van der Waals surface area (Å²) in [7, 11) is 0. The Morgan fingerprint density at radius 2 is 1.73 bits per heavy atom. The molecule has 6 heteroatoms. The van der Waals surface area contributed by atoms with E-state index in [1.165, 1.54) is 16.2 Å². The molecule has 0 atom stereocenters. The quantitative estimate of drug-likeness (QED) is 0.587. The van der Waals surface area contributed by atoms with Gasteiger partial charge in [0.1, 0.15) is 0 Å². The monoisotopic (exact) mass is 383 g/mol. The second-order valence-electron chi connectivity index (χ2n) is 5.65. The Bertz CT molecular complexity index is 915. The molecule has 1 heterocycles. The van der Waals surface area contributed by atoms with Crippen molar-refractivity contribution in [3.63, 3.8) is 0 Å². The van der Waals surface area contributed by atoms with Crippen LogP contribution in [-0.4, -0.2) is 23.2 Å². The summed E-state index contributed by atoms with van der Waals surface area (Å²) in [6, 6.07) is 16.9. The Labute approximate surface area is 159 Å². The van der Waals surface area contributed by atoms with Gasteiger partial charge in [-0.05, 0) is 53.3 Å². The summed E-state index contributed by atoms with van der Waals surface area (Å²) in [4.78, 5) is 24.3. The molecule has 0 aliphatic rings. The van der Waals surface area contributed by atoms with Gasteiger partial charge in [0, 0.05) is 15.8 Å². The van der Waals surface area contributed by atoms with E-state index in [9.17, 15) is 9.59 Å². The molecule has 132 valence electrons. The predicted molar refractivity (Wildman–Crippen MR) is 107 cm³/mol. The molecule has 1 aromatic heterocycles. The van der Waals surface area contributed by atoms with Gasteiger partial charge in [0.05, 0.1) is 11.4 Å². The van der Waals surface area contributed by atoms with E-state index in [2.05, 4.69) is 29.6 Å². The lowest BCUT2D eigenvalue weighted by atomic mass is 10.1. The number of thioether (sulfide) groups is 1. The predicted octanol–water partition coefficient (Wildman–Crippen LogP) is 5.02. The fourth-order valence-electron chi connectivity index (χ4n) is 2.47. The number of carboxylic acids is 1. The number of carboxylic acid groups (broad SMARTS) is 1. The van der Waals surface area contributed by atoms with Crippen molar-refractivity contribution < 1.29 is 14.7 Å². The van der Waals surface area contributed by atoms with E-state index >= 15 is 0 Å². The smallest absolute Gasteiger partial charge is 0.307 e. The molecule has 0 unspecified atom stereocenters. The maximum absolute atomic E-state index is 12.4. The summed E-state index contributed by atoms with van der Waals surface area (Å²) in [5.41, 5.74) is 3.34. The van der Waals surface area contributed by atoms with Gasteiger partial charge in [-0.25, -0.2) is 0 Å². The number of rotatable bonds is 6. The van der Waals surface area contributed by atoms with Gasteiger partial charge in [0.25, 0.3) is 5.91 Å². The normalized spacial score (nSPS) is 10.5. The van der Waals surface area contributed by atoms with Crippen LogP contribution < -0.4 is 5.32 Å². The van der Waals surface area contributed by atoms with Crippen molar-refractivity contribution in [2.75, 3.05) is 11.6 Å². The van der Waals surface area contributed by atoms with Gasteiger partial charge in [0.15, 0.2) is 0 Å². The van der Waals surface area contributed by atoms with Crippen molar-refractivity contribution in [2.24, 2.45) is 0 Å². The summed E-state index contributed by atoms with van der Waals surface area (Å²) in [5.74, 6) is -1.10. The summed E-state index contributed by atoms with van der Waals surface area (Å²) in [6.45, 7) is 0. The second kappa shape index (κ2) is 8.21. The fourth-order valence-corrected chi connectivity index (χ4v) is 3.68. The third kappa shape index (κ3) is 4.53. The van der Waals surface area contributed by atoms with Gasteiger partial charge in [0.2, 0.25) is 0 Å². The second-order valence-corrected chi connectivity index (χ2v) is 7.44. The van der Waals surface area contributed by atoms with Crippen LogP contribution >= 0.6 is 23.1 Å². The van der Waals surface area contributed by atoms with Gasteiger partial charge in [-0.15, -0.1) is 23.1 Å². The molecule has 0 aliphatic carbocycles. The maximum atomic E-state index is 12.4. The minimum Gasteiger partial charge on any atom is -0.481 e. The Balaban J connectivity index is 1.68. The molecule has 4 nitrogen and oxygen atoms in total. The van der Waals surface area contributed by atoms with E-state index < -0.39 is 5.97 Å². The van der Waals surface area contributed by atoms with Crippen molar-refractivity contribution >= 4 is 40.0 Å². The van der Waals surface area contributed by atoms with Crippen molar-refractivity contribution in [1.82, 2.24) is 0 Å². The minimum absolute atomic E-state index is 0.0501. The number of carbonyl (C=O) groups excluding carboxylic acids is 1. The van der Waals surface area contributed by atoms with E-state index in [1.807, 2.05) is 17.7 Å². The van der Waals surface area contributed by atoms with E-state index in [1.54, 1.807) is 36.0 Å². The van der Waals surface area contributed by atoms with Crippen LogP contribution in [0.2, 0.25) is 0 Å². The number of amides is 1. The number of benzene rings is 2. The molecular formula is C20H17NO3S2. The summed E-state index contributed by atoms with van der Waals surface area (Å²) in [5, 5.41) is 14.5. The standard InChI is InChI=1S/C20H17NO3S2/c1-25-17-8-6-14(7-9-17)16-11-18(26-12-16)21-20(24)15-4-2-13(3-5-15)10-19(22)23/h2-9,11-12H,10H2,1H3,(H,21,24)(H,22,23). The van der Waals surface area contributed by atoms with E-state index in [-0.39, 0.29) is 12.3 Å². The van der Waals surface area contributed by atoms with Crippen molar-refractivity contribution in [1.29, 1.82) is 0 Å². The molecule has 26 heavy (non-hydrogen) atoms. The van der Waals surface area contributed by atoms with Crippen LogP contribution in [0.1, 0.15) is 15.9 Å². The van der Waals surface area contributed by atoms with Gasteiger partial charge in [-0.1, -0.05) is 24.3 Å². The number of carbonyl (C=O) groups is 2. The molecule has 0 aliphatic heterocycles. The van der Waals surface area contributed by atoms with E-state index in [4.69, 9.17) is 5.11 Å². The third-order valence-electron chi connectivity index (χ3n) is 3.83. The Hall–Kier alpha value is -2.57. The Morgan fingerprint density at radius 1 is 1.04 bits per heavy atom. The summed E-state index contributed by atoms with van der Waals surface area (Å²) >= 11 is 3.18. The van der Waals surface area contributed by atoms with Crippen molar-refractivity contribution in [3.8, 4) is 11.1 Å². The van der Waals surface area contributed by atoms with Crippen LogP contribution in [0.5, 0.6) is 0 Å². The van der Waals surface area contributed by atoms with Gasteiger partial charge in [-0.2, -0.15) is 0 Å². The van der Waals surface area contributed by atoms with Crippen LogP contribution in [0.15, 0.2) is 64.9 Å². The zero-order valence-corrected chi connectivity index (χ0v) is 15.7. The Kier molecular flexibility index (Phi) is 5.75. The maximum Gasteiger partial charge on any atom is 0.307 e. The lowest BCUT2D eigenvalue weighted by Crippen LogP contribution is -2.11. The average molecular weight is 383 g/mol. The van der Waals surface area contributed by atoms with Crippen LogP contribution in [0, 0.1) is 0 Å². The van der Waals surface area contributed by atoms with E-state index in [0.717, 1.165) is 16.1 Å². The van der Waals surface area contributed by atoms with Crippen LogP contribution in [0.4, 0.5) is 5.00 Å². The zero-order chi connectivity index (χ0) is 18.5. The molecule has 2 N–H and O–H groups in total. The van der Waals surface area contributed by atoms with Gasteiger partial charge < -0.3 is 10.4 Å². The number of anilines is 1. The highest BCUT2D eigenvalue weighted by molar-refractivity contribution is 7.98. The lowest BCUT2D eigenvalue weighted by Gasteiger charge is -2.04. The average Bonchev–Trinajstić information content (AvgIpc) is 3.10. The van der Waals surface area contributed by atoms with Gasteiger partial charge in [-0.3, -0.25) is 9.59 Å². The molecule has 2 aromatic carbocycles.